The molecule has 7 heteroatoms. The number of benzene rings is 1. The van der Waals surface area contributed by atoms with Crippen LogP contribution in [-0.2, 0) is 4.79 Å². The fourth-order valence-corrected chi connectivity index (χ4v) is 2.42. The Kier molecular flexibility index (Phi) is 3.32. The molecule has 1 aromatic rings. The monoisotopic (exact) mass is 292 g/mol. The summed E-state index contributed by atoms with van der Waals surface area (Å²) in [6.07, 6.45) is 1.71. The maximum atomic E-state index is 11.9. The van der Waals surface area contributed by atoms with E-state index in [4.69, 9.17) is 9.47 Å². The fourth-order valence-electron chi connectivity index (χ4n) is 2.42. The number of aliphatic carboxylic acids is 1. The first-order chi connectivity index (χ1) is 10.1. The molecule has 1 aliphatic carbocycles. The topological polar surface area (TPSA) is 96.9 Å². The Labute approximate surface area is 121 Å². The van der Waals surface area contributed by atoms with E-state index in [1.54, 1.807) is 18.2 Å². The number of rotatable bonds is 3. The normalized spacial score (nSPS) is 18.3. The number of carboxylic acid groups (broad SMARTS) is 1. The van der Waals surface area contributed by atoms with Gasteiger partial charge in [-0.3, -0.25) is 0 Å². The van der Waals surface area contributed by atoms with Crippen molar-refractivity contribution in [2.75, 3.05) is 18.5 Å². The van der Waals surface area contributed by atoms with Crippen LogP contribution in [0.2, 0.25) is 0 Å². The number of carbonyl (C=O) groups excluding carboxylic acids is 1. The van der Waals surface area contributed by atoms with Gasteiger partial charge in [-0.05, 0) is 31.4 Å². The van der Waals surface area contributed by atoms with E-state index >= 15 is 0 Å². The molecule has 2 amide bonds. The molecule has 0 saturated heterocycles. The molecule has 112 valence electrons. The second kappa shape index (κ2) is 5.16. The van der Waals surface area contributed by atoms with E-state index in [2.05, 4.69) is 10.6 Å². The van der Waals surface area contributed by atoms with Crippen LogP contribution in [0.3, 0.4) is 0 Å². The Balaban J connectivity index is 1.66. The Morgan fingerprint density at radius 2 is 1.86 bits per heavy atom. The van der Waals surface area contributed by atoms with Gasteiger partial charge in [0.15, 0.2) is 11.5 Å². The predicted octanol–water partition coefficient (Wildman–Crippen LogP) is 1.59. The zero-order valence-electron chi connectivity index (χ0n) is 11.3. The highest BCUT2D eigenvalue weighted by molar-refractivity contribution is 5.94. The van der Waals surface area contributed by atoms with Crippen LogP contribution in [0.15, 0.2) is 18.2 Å². The lowest BCUT2D eigenvalue weighted by molar-refractivity contribution is -0.148. The first-order valence-electron chi connectivity index (χ1n) is 6.81. The van der Waals surface area contributed by atoms with Crippen LogP contribution in [0.5, 0.6) is 11.5 Å². The second-order valence-electron chi connectivity index (χ2n) is 5.18. The molecule has 0 spiro atoms. The van der Waals surface area contributed by atoms with E-state index < -0.39 is 17.5 Å². The second-order valence-corrected chi connectivity index (χ2v) is 5.18. The number of amides is 2. The van der Waals surface area contributed by atoms with E-state index in [9.17, 15) is 14.7 Å². The van der Waals surface area contributed by atoms with Gasteiger partial charge in [0.2, 0.25) is 0 Å². The minimum Gasteiger partial charge on any atom is -0.486 e. The highest BCUT2D eigenvalue weighted by atomic mass is 16.6. The highest BCUT2D eigenvalue weighted by Crippen LogP contribution is 2.34. The molecule has 1 saturated carbocycles. The Morgan fingerprint density at radius 1 is 1.14 bits per heavy atom. The largest absolute Gasteiger partial charge is 0.486 e. The standard InChI is InChI=1S/C14H16N2O5/c17-12(18)14(4-1-5-14)16-13(19)15-9-2-3-10-11(8-9)21-7-6-20-10/h2-3,8H,1,4-7H2,(H,17,18)(H2,15,16,19). The van der Waals surface area contributed by atoms with Gasteiger partial charge in [-0.1, -0.05) is 0 Å². The molecular weight excluding hydrogens is 276 g/mol. The van der Waals surface area contributed by atoms with E-state index in [1.165, 1.54) is 0 Å². The quantitative estimate of drug-likeness (QED) is 0.786. The molecule has 3 rings (SSSR count). The van der Waals surface area contributed by atoms with Crippen LogP contribution < -0.4 is 20.1 Å². The molecule has 21 heavy (non-hydrogen) atoms. The summed E-state index contributed by atoms with van der Waals surface area (Å²) >= 11 is 0. The van der Waals surface area contributed by atoms with Crippen molar-refractivity contribution < 1.29 is 24.2 Å². The van der Waals surface area contributed by atoms with Crippen molar-refractivity contribution in [3.63, 3.8) is 0 Å². The summed E-state index contributed by atoms with van der Waals surface area (Å²) in [5, 5.41) is 14.3. The van der Waals surface area contributed by atoms with Gasteiger partial charge in [-0.2, -0.15) is 0 Å². The number of anilines is 1. The van der Waals surface area contributed by atoms with Crippen molar-refractivity contribution in [2.24, 2.45) is 0 Å². The molecule has 1 aliphatic heterocycles. The van der Waals surface area contributed by atoms with Gasteiger partial charge in [0.25, 0.3) is 0 Å². The van der Waals surface area contributed by atoms with Gasteiger partial charge in [-0.15, -0.1) is 0 Å². The Bertz CT molecular complexity index is 583. The van der Waals surface area contributed by atoms with Crippen LogP contribution in [-0.4, -0.2) is 35.9 Å². The van der Waals surface area contributed by atoms with E-state index in [0.717, 1.165) is 6.42 Å². The molecule has 0 atom stereocenters. The molecule has 7 nitrogen and oxygen atoms in total. The maximum absolute atomic E-state index is 11.9. The van der Waals surface area contributed by atoms with Gasteiger partial charge < -0.3 is 25.2 Å². The van der Waals surface area contributed by atoms with Crippen LogP contribution in [0, 0.1) is 0 Å². The molecule has 1 fully saturated rings. The zero-order valence-corrected chi connectivity index (χ0v) is 11.3. The number of carbonyl (C=O) groups is 2. The number of hydrogen-bond acceptors (Lipinski definition) is 4. The third kappa shape index (κ3) is 2.58. The van der Waals surface area contributed by atoms with Crippen molar-refractivity contribution in [2.45, 2.75) is 24.8 Å². The highest BCUT2D eigenvalue weighted by Gasteiger charge is 2.45. The number of nitrogens with one attached hydrogen (secondary N) is 2. The number of ether oxygens (including phenoxy) is 2. The summed E-state index contributed by atoms with van der Waals surface area (Å²) in [4.78, 5) is 23.1. The van der Waals surface area contributed by atoms with Crippen molar-refractivity contribution in [1.82, 2.24) is 5.32 Å². The first kappa shape index (κ1) is 13.5. The molecule has 1 heterocycles. The zero-order chi connectivity index (χ0) is 14.9. The smallest absolute Gasteiger partial charge is 0.329 e. The molecule has 0 unspecified atom stereocenters. The Hall–Kier alpha value is -2.44. The van der Waals surface area contributed by atoms with E-state index in [-0.39, 0.29) is 0 Å². The number of hydrogen-bond donors (Lipinski definition) is 3. The minimum atomic E-state index is -1.13. The van der Waals surface area contributed by atoms with Crippen molar-refractivity contribution in [3.8, 4) is 11.5 Å². The number of fused-ring (bicyclic) bond motifs is 1. The van der Waals surface area contributed by atoms with Crippen LogP contribution in [0.25, 0.3) is 0 Å². The van der Waals surface area contributed by atoms with Crippen LogP contribution >= 0.6 is 0 Å². The Morgan fingerprint density at radius 3 is 2.48 bits per heavy atom. The lowest BCUT2D eigenvalue weighted by atomic mass is 9.77. The molecule has 2 aliphatic rings. The molecule has 0 aromatic heterocycles. The molecule has 0 radical (unpaired) electrons. The number of carboxylic acids is 1. The van der Waals surface area contributed by atoms with Crippen LogP contribution in [0.1, 0.15) is 19.3 Å². The average Bonchev–Trinajstić information content (AvgIpc) is 2.42. The lowest BCUT2D eigenvalue weighted by Crippen LogP contribution is -2.60. The average molecular weight is 292 g/mol. The summed E-state index contributed by atoms with van der Waals surface area (Å²) in [6, 6.07) is 4.51. The van der Waals surface area contributed by atoms with Gasteiger partial charge >= 0.3 is 12.0 Å². The number of urea groups is 1. The minimum absolute atomic E-state index is 0.455. The van der Waals surface area contributed by atoms with E-state index in [0.29, 0.717) is 43.2 Å². The fraction of sp³-hybridized carbons (Fsp3) is 0.429. The summed E-state index contributed by atoms with van der Waals surface area (Å²) in [5.41, 5.74) is -0.602. The van der Waals surface area contributed by atoms with Gasteiger partial charge in [0.1, 0.15) is 18.8 Å². The van der Waals surface area contributed by atoms with Gasteiger partial charge in [-0.25, -0.2) is 9.59 Å². The van der Waals surface area contributed by atoms with Gasteiger partial charge in [0.05, 0.1) is 0 Å². The van der Waals surface area contributed by atoms with Gasteiger partial charge in [0, 0.05) is 11.8 Å². The summed E-state index contributed by atoms with van der Waals surface area (Å²) in [5.74, 6) is 0.204. The SMILES string of the molecule is O=C(Nc1ccc2c(c1)OCCO2)NC1(C(=O)O)CCC1. The van der Waals surface area contributed by atoms with E-state index in [1.807, 2.05) is 0 Å². The molecule has 3 N–H and O–H groups in total. The maximum Gasteiger partial charge on any atom is 0.329 e. The first-order valence-corrected chi connectivity index (χ1v) is 6.81. The summed E-state index contributed by atoms with van der Waals surface area (Å²) in [6.45, 7) is 0.964. The van der Waals surface area contributed by atoms with Crippen LogP contribution in [0.4, 0.5) is 10.5 Å². The molecule has 1 aromatic carbocycles. The summed E-state index contributed by atoms with van der Waals surface area (Å²) < 4.78 is 10.8. The predicted molar refractivity (Wildman–Crippen MR) is 73.8 cm³/mol. The van der Waals surface area contributed by atoms with Crippen molar-refractivity contribution >= 4 is 17.7 Å². The lowest BCUT2D eigenvalue weighted by Gasteiger charge is -2.38. The third-order valence-corrected chi connectivity index (χ3v) is 3.77. The summed E-state index contributed by atoms with van der Waals surface area (Å²) in [7, 11) is 0. The molecular formula is C14H16N2O5. The van der Waals surface area contributed by atoms with Crippen molar-refractivity contribution in [3.05, 3.63) is 18.2 Å². The third-order valence-electron chi connectivity index (χ3n) is 3.77. The molecule has 0 bridgehead atoms. The van der Waals surface area contributed by atoms with Crippen molar-refractivity contribution in [1.29, 1.82) is 0 Å².